The molecule has 4 nitrogen and oxygen atoms in total. The zero-order valence-corrected chi connectivity index (χ0v) is 4.32. The summed E-state index contributed by atoms with van der Waals surface area (Å²) in [6, 6.07) is 0. The molecule has 0 amide bonds. The standard InChI is InChI=1S/Ca.ClH.K.Mg.H3O4P.5H/c;;;;1-5(2,3)4;;;;;/h;1H;;;(H3,1,2,3,4);;;;;. The Labute approximate surface area is 148 Å². The summed E-state index contributed by atoms with van der Waals surface area (Å²) in [6.07, 6.45) is 0. The zero-order chi connectivity index (χ0) is 4.50. The number of hydrogen-bond acceptors (Lipinski definition) is 1. The Morgan fingerprint density at radius 3 is 1.11 bits per heavy atom. The third-order valence-electron chi connectivity index (χ3n) is 0. The van der Waals surface area contributed by atoms with Crippen molar-refractivity contribution in [3.05, 3.63) is 0 Å². The van der Waals surface area contributed by atoms with Gasteiger partial charge in [-0.15, -0.1) is 12.4 Å². The third kappa shape index (κ3) is 74.0. The molecule has 9 heavy (non-hydrogen) atoms. The van der Waals surface area contributed by atoms with E-state index in [1.807, 2.05) is 0 Å². The van der Waals surface area contributed by atoms with E-state index in [0.29, 0.717) is 0 Å². The molecular formula is H9CaClKMgO4P. The van der Waals surface area contributed by atoms with E-state index < -0.39 is 7.82 Å². The van der Waals surface area contributed by atoms with Gasteiger partial charge in [-0.05, 0) is 0 Å². The van der Waals surface area contributed by atoms with E-state index in [1.54, 1.807) is 0 Å². The van der Waals surface area contributed by atoms with Crippen LogP contribution in [-0.2, 0) is 4.57 Å². The summed E-state index contributed by atoms with van der Waals surface area (Å²) in [5, 5.41) is 0. The van der Waals surface area contributed by atoms with E-state index in [0.717, 1.165) is 0 Å². The summed E-state index contributed by atoms with van der Waals surface area (Å²) in [5.41, 5.74) is 0. The van der Waals surface area contributed by atoms with Crippen LogP contribution in [0.1, 0.15) is 0 Å². The Balaban J connectivity index is -0.0000000133. The minimum Gasteiger partial charge on any atom is 0.316 e. The molecule has 3 N–H and O–H groups in total. The number of phosphoric acid groups is 1. The Hall–Kier alpha value is 4.06. The van der Waals surface area contributed by atoms with Gasteiger partial charge in [0.1, 0.15) is 0 Å². The minimum atomic E-state index is -4.64. The molecule has 0 bridgehead atoms. The fourth-order valence-corrected chi connectivity index (χ4v) is 0. The molecule has 0 atom stereocenters. The van der Waals surface area contributed by atoms with E-state index in [9.17, 15) is 0 Å². The predicted molar refractivity (Wildman–Crippen MR) is 45.7 cm³/mol. The molecule has 0 spiro atoms. The van der Waals surface area contributed by atoms with Gasteiger partial charge in [-0.2, -0.15) is 0 Å². The molecule has 0 unspecified atom stereocenters. The van der Waals surface area contributed by atoms with E-state index in [1.165, 1.54) is 0 Å². The van der Waals surface area contributed by atoms with Gasteiger partial charge in [0, 0.05) is 0 Å². The first-order valence-corrected chi connectivity index (χ1v) is 2.35. The molecule has 0 saturated heterocycles. The maximum atomic E-state index is 8.88. The summed E-state index contributed by atoms with van der Waals surface area (Å²) < 4.78 is 8.88. The fourth-order valence-electron chi connectivity index (χ4n) is 0. The van der Waals surface area contributed by atoms with Gasteiger partial charge in [0.15, 0.2) is 0 Å². The van der Waals surface area contributed by atoms with E-state index >= 15 is 0 Å². The Morgan fingerprint density at radius 2 is 1.11 bits per heavy atom. The second-order valence-corrected chi connectivity index (χ2v) is 1.54. The largest absolute Gasteiger partial charge is 0.316 e. The van der Waals surface area contributed by atoms with Gasteiger partial charge in [-0.3, -0.25) is 0 Å². The molecule has 0 radical (unpaired) electrons. The van der Waals surface area contributed by atoms with Crippen LogP contribution in [0.5, 0.6) is 0 Å². The summed E-state index contributed by atoms with van der Waals surface area (Å²) in [4.78, 5) is 21.6. The maximum absolute atomic E-state index is 8.88. The predicted octanol–water partition coefficient (Wildman–Crippen LogP) is -2.99. The molecule has 0 aromatic heterocycles. The first kappa shape index (κ1) is 29.2. The monoisotopic (exact) mass is 242 g/mol. The Morgan fingerprint density at radius 1 is 1.11 bits per heavy atom. The van der Waals surface area contributed by atoms with E-state index in [4.69, 9.17) is 19.2 Å². The molecule has 0 aliphatic heterocycles. The van der Waals surface area contributed by atoms with Gasteiger partial charge >= 0.3 is 120 Å². The average molecular weight is 243 g/mol. The van der Waals surface area contributed by atoms with Crippen LogP contribution in [0.25, 0.3) is 0 Å². The molecule has 0 heterocycles. The van der Waals surface area contributed by atoms with Gasteiger partial charge in [0.05, 0.1) is 0 Å². The van der Waals surface area contributed by atoms with Crippen LogP contribution in [0.2, 0.25) is 0 Å². The summed E-state index contributed by atoms with van der Waals surface area (Å²) in [7, 11) is -4.64. The maximum Gasteiger partial charge on any atom is 0.316 e. The molecule has 0 rings (SSSR count). The van der Waals surface area contributed by atoms with Crippen molar-refractivity contribution in [2.45, 2.75) is 0 Å². The molecule has 50 valence electrons. The Kier molecular flexibility index (Phi) is 47.4. The van der Waals surface area contributed by atoms with Crippen molar-refractivity contribution >= 4 is 132 Å². The van der Waals surface area contributed by atoms with Gasteiger partial charge in [-0.25, -0.2) is 4.57 Å². The molecule has 0 aromatic rings. The van der Waals surface area contributed by atoms with Crippen molar-refractivity contribution < 1.29 is 19.2 Å². The molecule has 9 heteroatoms. The summed E-state index contributed by atoms with van der Waals surface area (Å²) >= 11 is 0. The SMILES string of the molecule is Cl.O=P(O)(O)O.[CaH2].[KH].[MgH2]. The van der Waals surface area contributed by atoms with Crippen LogP contribution in [0, 0.1) is 0 Å². The molecule has 0 saturated carbocycles. The van der Waals surface area contributed by atoms with Crippen molar-refractivity contribution in [2.24, 2.45) is 0 Å². The molecular weight excluding hydrogens is 234 g/mol. The van der Waals surface area contributed by atoms with Crippen molar-refractivity contribution in [3.63, 3.8) is 0 Å². The van der Waals surface area contributed by atoms with Gasteiger partial charge < -0.3 is 14.7 Å². The number of rotatable bonds is 0. The first-order valence-electron chi connectivity index (χ1n) is 0.783. The number of hydrogen-bond donors (Lipinski definition) is 3. The Bertz CT molecular complexity index is 66.7. The fraction of sp³-hybridized carbons (Fsp3) is 0. The van der Waals surface area contributed by atoms with E-state index in [2.05, 4.69) is 0 Å². The quantitative estimate of drug-likeness (QED) is 0.313. The summed E-state index contributed by atoms with van der Waals surface area (Å²) in [5.74, 6) is 0. The molecule has 0 aliphatic carbocycles. The third-order valence-corrected chi connectivity index (χ3v) is 0. The topological polar surface area (TPSA) is 77.8 Å². The zero-order valence-electron chi connectivity index (χ0n) is 2.61. The second-order valence-electron chi connectivity index (χ2n) is 0.513. The average Bonchev–Trinajstić information content (AvgIpc) is 0.722. The van der Waals surface area contributed by atoms with Crippen molar-refractivity contribution in [1.82, 2.24) is 0 Å². The van der Waals surface area contributed by atoms with Crippen molar-refractivity contribution in [1.29, 1.82) is 0 Å². The summed E-state index contributed by atoms with van der Waals surface area (Å²) in [6.45, 7) is 0. The van der Waals surface area contributed by atoms with Crippen LogP contribution >= 0.6 is 20.2 Å². The molecule has 0 aromatic carbocycles. The van der Waals surface area contributed by atoms with Crippen molar-refractivity contribution in [2.75, 3.05) is 0 Å². The molecule has 0 aliphatic rings. The second kappa shape index (κ2) is 14.6. The van der Waals surface area contributed by atoms with Crippen LogP contribution in [0.4, 0.5) is 0 Å². The minimum absolute atomic E-state index is 0. The van der Waals surface area contributed by atoms with Crippen LogP contribution < -0.4 is 0 Å². The molecule has 0 fully saturated rings. The number of halogens is 1. The van der Waals surface area contributed by atoms with Gasteiger partial charge in [0.2, 0.25) is 0 Å². The van der Waals surface area contributed by atoms with E-state index in [-0.39, 0.29) is 125 Å². The van der Waals surface area contributed by atoms with Crippen LogP contribution in [0.15, 0.2) is 0 Å². The van der Waals surface area contributed by atoms with Gasteiger partial charge in [-0.1, -0.05) is 0 Å². The van der Waals surface area contributed by atoms with Crippen LogP contribution in [0.3, 0.4) is 0 Å². The smallest absolute Gasteiger partial charge is 0.316 e. The normalized spacial score (nSPS) is 6.56. The van der Waals surface area contributed by atoms with Gasteiger partial charge in [0.25, 0.3) is 0 Å². The van der Waals surface area contributed by atoms with Crippen LogP contribution in [-0.4, -0.2) is 127 Å². The first-order chi connectivity index (χ1) is 2.00. The van der Waals surface area contributed by atoms with Crippen molar-refractivity contribution in [3.8, 4) is 0 Å².